The van der Waals surface area contributed by atoms with Crippen molar-refractivity contribution in [2.45, 2.75) is 31.1 Å². The number of carbonyl (C=O) groups is 1. The standard InChI is InChI=1S/C16H21ClN2O3S/c1-12-6-7-14(10-15(12)16(20)18-11-13(2)17)23(21,22)19-8-4-3-5-9-19/h6-7,10H,2-5,8-9,11H2,1H3,(H,18,20). The smallest absolute Gasteiger partial charge is 0.251 e. The van der Waals surface area contributed by atoms with Crippen molar-refractivity contribution in [3.8, 4) is 0 Å². The fraction of sp³-hybridized carbons (Fsp3) is 0.438. The maximum absolute atomic E-state index is 12.7. The first-order valence-corrected chi connectivity index (χ1v) is 9.36. The number of aryl methyl sites for hydroxylation is 1. The van der Waals surface area contributed by atoms with Crippen molar-refractivity contribution in [1.82, 2.24) is 9.62 Å². The van der Waals surface area contributed by atoms with Gasteiger partial charge >= 0.3 is 0 Å². The molecule has 1 amide bonds. The van der Waals surface area contributed by atoms with Crippen LogP contribution in [0.5, 0.6) is 0 Å². The number of benzene rings is 1. The van der Waals surface area contributed by atoms with Gasteiger partial charge < -0.3 is 5.32 Å². The van der Waals surface area contributed by atoms with Gasteiger partial charge in [0.1, 0.15) is 0 Å². The molecule has 0 bridgehead atoms. The van der Waals surface area contributed by atoms with E-state index in [1.165, 1.54) is 10.4 Å². The number of carbonyl (C=O) groups excluding carboxylic acids is 1. The third-order valence-electron chi connectivity index (χ3n) is 3.85. The minimum Gasteiger partial charge on any atom is -0.347 e. The number of hydrogen-bond donors (Lipinski definition) is 1. The number of nitrogens with zero attached hydrogens (tertiary/aromatic N) is 1. The maximum atomic E-state index is 12.7. The summed E-state index contributed by atoms with van der Waals surface area (Å²) in [6.07, 6.45) is 2.79. The second-order valence-corrected chi connectivity index (χ2v) is 8.11. The lowest BCUT2D eigenvalue weighted by Gasteiger charge is -2.26. The number of piperidine rings is 1. The van der Waals surface area contributed by atoms with Gasteiger partial charge in [-0.25, -0.2) is 8.42 Å². The molecule has 1 fully saturated rings. The van der Waals surface area contributed by atoms with Crippen LogP contribution >= 0.6 is 11.6 Å². The summed E-state index contributed by atoms with van der Waals surface area (Å²) < 4.78 is 26.9. The van der Waals surface area contributed by atoms with Gasteiger partial charge in [0.25, 0.3) is 5.91 Å². The molecule has 1 heterocycles. The van der Waals surface area contributed by atoms with Gasteiger partial charge in [-0.15, -0.1) is 0 Å². The van der Waals surface area contributed by atoms with Gasteiger partial charge in [-0.1, -0.05) is 30.7 Å². The number of nitrogens with one attached hydrogen (secondary N) is 1. The topological polar surface area (TPSA) is 66.5 Å². The molecular weight excluding hydrogens is 336 g/mol. The predicted octanol–water partition coefficient (Wildman–Crippen LogP) is 2.65. The molecule has 126 valence electrons. The van der Waals surface area contributed by atoms with E-state index in [4.69, 9.17) is 11.6 Å². The summed E-state index contributed by atoms with van der Waals surface area (Å²) in [5.74, 6) is -0.361. The minimum absolute atomic E-state index is 0.142. The Bertz CT molecular complexity index is 710. The Morgan fingerprint density at radius 1 is 1.30 bits per heavy atom. The Morgan fingerprint density at radius 3 is 2.57 bits per heavy atom. The van der Waals surface area contributed by atoms with Gasteiger partial charge in [-0.2, -0.15) is 4.31 Å². The van der Waals surface area contributed by atoms with Crippen LogP contribution in [-0.4, -0.2) is 38.3 Å². The normalized spacial score (nSPS) is 16.1. The van der Waals surface area contributed by atoms with Crippen LogP contribution in [0.3, 0.4) is 0 Å². The zero-order valence-electron chi connectivity index (χ0n) is 13.1. The molecule has 0 unspecified atom stereocenters. The molecule has 1 aliphatic rings. The molecule has 1 saturated heterocycles. The summed E-state index contributed by atoms with van der Waals surface area (Å²) in [6, 6.07) is 4.64. The van der Waals surface area contributed by atoms with Crippen LogP contribution < -0.4 is 5.32 Å². The molecule has 7 heteroatoms. The van der Waals surface area contributed by atoms with Gasteiger partial charge in [0.2, 0.25) is 10.0 Å². The lowest BCUT2D eigenvalue weighted by molar-refractivity contribution is 0.0957. The van der Waals surface area contributed by atoms with E-state index in [0.29, 0.717) is 29.2 Å². The molecule has 0 saturated carbocycles. The Balaban J connectivity index is 2.28. The summed E-state index contributed by atoms with van der Waals surface area (Å²) in [6.45, 7) is 6.48. The molecule has 1 aliphatic heterocycles. The lowest BCUT2D eigenvalue weighted by Crippen LogP contribution is -2.35. The zero-order valence-corrected chi connectivity index (χ0v) is 14.7. The van der Waals surface area contributed by atoms with Crippen molar-refractivity contribution in [1.29, 1.82) is 0 Å². The number of amides is 1. The largest absolute Gasteiger partial charge is 0.347 e. The van der Waals surface area contributed by atoms with Crippen molar-refractivity contribution in [3.05, 3.63) is 40.9 Å². The zero-order chi connectivity index (χ0) is 17.0. The minimum atomic E-state index is -3.56. The molecule has 0 radical (unpaired) electrons. The van der Waals surface area contributed by atoms with Crippen LogP contribution in [0.15, 0.2) is 34.7 Å². The summed E-state index contributed by atoms with van der Waals surface area (Å²) >= 11 is 5.64. The number of sulfonamides is 1. The van der Waals surface area contributed by atoms with Crippen molar-refractivity contribution >= 4 is 27.5 Å². The predicted molar refractivity (Wildman–Crippen MR) is 91.1 cm³/mol. The fourth-order valence-electron chi connectivity index (χ4n) is 2.53. The van der Waals surface area contributed by atoms with Crippen LogP contribution in [0.4, 0.5) is 0 Å². The Hall–Kier alpha value is -1.37. The van der Waals surface area contributed by atoms with E-state index >= 15 is 0 Å². The third kappa shape index (κ3) is 4.34. The van der Waals surface area contributed by atoms with E-state index in [-0.39, 0.29) is 17.3 Å². The third-order valence-corrected chi connectivity index (χ3v) is 5.88. The summed E-state index contributed by atoms with van der Waals surface area (Å²) in [4.78, 5) is 12.4. The molecule has 1 aromatic carbocycles. The molecular formula is C16H21ClN2O3S. The first-order chi connectivity index (χ1) is 10.8. The van der Waals surface area contributed by atoms with E-state index < -0.39 is 10.0 Å². The van der Waals surface area contributed by atoms with Gasteiger partial charge in [0.15, 0.2) is 0 Å². The van der Waals surface area contributed by atoms with Crippen LogP contribution in [0.1, 0.15) is 35.2 Å². The second kappa shape index (κ2) is 7.47. The van der Waals surface area contributed by atoms with E-state index in [9.17, 15) is 13.2 Å². The van der Waals surface area contributed by atoms with E-state index in [1.54, 1.807) is 19.1 Å². The molecule has 1 N–H and O–H groups in total. The highest BCUT2D eigenvalue weighted by Crippen LogP contribution is 2.22. The molecule has 1 aromatic rings. The summed E-state index contributed by atoms with van der Waals surface area (Å²) in [5, 5.41) is 2.93. The van der Waals surface area contributed by atoms with Crippen molar-refractivity contribution < 1.29 is 13.2 Å². The Morgan fingerprint density at radius 2 is 1.96 bits per heavy atom. The van der Waals surface area contributed by atoms with Gasteiger partial charge in [-0.3, -0.25) is 4.79 Å². The molecule has 23 heavy (non-hydrogen) atoms. The lowest BCUT2D eigenvalue weighted by atomic mass is 10.1. The number of halogens is 1. The number of rotatable bonds is 5. The highest BCUT2D eigenvalue weighted by Gasteiger charge is 2.27. The number of hydrogen-bond acceptors (Lipinski definition) is 3. The van der Waals surface area contributed by atoms with Gasteiger partial charge in [0.05, 0.1) is 11.4 Å². The SMILES string of the molecule is C=C(Cl)CNC(=O)c1cc(S(=O)(=O)N2CCCCC2)ccc1C. The van der Waals surface area contributed by atoms with Gasteiger partial charge in [0, 0.05) is 23.7 Å². The van der Waals surface area contributed by atoms with Gasteiger partial charge in [-0.05, 0) is 37.5 Å². The fourth-order valence-corrected chi connectivity index (χ4v) is 4.14. The summed E-state index contributed by atoms with van der Waals surface area (Å²) in [7, 11) is -3.56. The first-order valence-electron chi connectivity index (χ1n) is 7.54. The molecule has 0 aromatic heterocycles. The molecule has 0 aliphatic carbocycles. The Kier molecular flexibility index (Phi) is 5.84. The second-order valence-electron chi connectivity index (χ2n) is 5.64. The Labute approximate surface area is 142 Å². The average molecular weight is 357 g/mol. The quantitative estimate of drug-likeness (QED) is 0.882. The van der Waals surface area contributed by atoms with Crippen LogP contribution in [-0.2, 0) is 10.0 Å². The average Bonchev–Trinajstić information content (AvgIpc) is 2.53. The van der Waals surface area contributed by atoms with Crippen molar-refractivity contribution in [2.75, 3.05) is 19.6 Å². The van der Waals surface area contributed by atoms with Crippen LogP contribution in [0.25, 0.3) is 0 Å². The maximum Gasteiger partial charge on any atom is 0.251 e. The highest BCUT2D eigenvalue weighted by molar-refractivity contribution is 7.89. The van der Waals surface area contributed by atoms with Crippen LogP contribution in [0.2, 0.25) is 0 Å². The molecule has 0 spiro atoms. The van der Waals surface area contributed by atoms with Crippen LogP contribution in [0, 0.1) is 6.92 Å². The molecule has 5 nitrogen and oxygen atoms in total. The van der Waals surface area contributed by atoms with Crippen molar-refractivity contribution in [3.63, 3.8) is 0 Å². The van der Waals surface area contributed by atoms with E-state index in [2.05, 4.69) is 11.9 Å². The van der Waals surface area contributed by atoms with Crippen molar-refractivity contribution in [2.24, 2.45) is 0 Å². The van der Waals surface area contributed by atoms with E-state index in [0.717, 1.165) is 19.3 Å². The first kappa shape index (κ1) is 18.0. The highest BCUT2D eigenvalue weighted by atomic mass is 35.5. The molecule has 0 atom stereocenters. The summed E-state index contributed by atoms with van der Waals surface area (Å²) in [5.41, 5.74) is 1.04. The molecule has 2 rings (SSSR count). The van der Waals surface area contributed by atoms with E-state index in [1.807, 2.05) is 0 Å². The monoisotopic (exact) mass is 356 g/mol.